The molecule has 0 bridgehead atoms. The Morgan fingerprint density at radius 1 is 1.14 bits per heavy atom. The van der Waals surface area contributed by atoms with Crippen LogP contribution in [0.5, 0.6) is 0 Å². The number of carboxylic acids is 1. The van der Waals surface area contributed by atoms with Crippen molar-refractivity contribution in [2.24, 2.45) is 5.92 Å². The summed E-state index contributed by atoms with van der Waals surface area (Å²) in [5, 5.41) is 9.96. The van der Waals surface area contributed by atoms with Gasteiger partial charge in [0.1, 0.15) is 5.82 Å². The SMILES string of the molecule is O=C(O)[C@H]1CCN(c2ccc(CN(CCn3ccccc3=O)c3nc4cccc(F)c4s3)cc2)C1. The van der Waals surface area contributed by atoms with E-state index in [2.05, 4.69) is 14.8 Å². The van der Waals surface area contributed by atoms with Gasteiger partial charge in [0.15, 0.2) is 5.13 Å². The summed E-state index contributed by atoms with van der Waals surface area (Å²) < 4.78 is 16.5. The van der Waals surface area contributed by atoms with Crippen molar-refractivity contribution in [2.45, 2.75) is 19.5 Å². The van der Waals surface area contributed by atoms with Gasteiger partial charge in [-0.15, -0.1) is 0 Å². The molecule has 1 N–H and O–H groups in total. The van der Waals surface area contributed by atoms with Gasteiger partial charge in [0.05, 0.1) is 16.1 Å². The number of rotatable bonds is 8. The molecule has 9 heteroatoms. The van der Waals surface area contributed by atoms with Gasteiger partial charge in [-0.05, 0) is 42.3 Å². The molecule has 7 nitrogen and oxygen atoms in total. The van der Waals surface area contributed by atoms with Crippen molar-refractivity contribution in [3.8, 4) is 0 Å². The van der Waals surface area contributed by atoms with E-state index in [1.807, 2.05) is 30.3 Å². The molecule has 1 aliphatic heterocycles. The highest BCUT2D eigenvalue weighted by molar-refractivity contribution is 7.22. The molecule has 0 unspecified atom stereocenters. The van der Waals surface area contributed by atoms with E-state index in [0.717, 1.165) is 17.8 Å². The summed E-state index contributed by atoms with van der Waals surface area (Å²) in [6.45, 7) is 2.79. The Labute approximate surface area is 205 Å². The van der Waals surface area contributed by atoms with Crippen LogP contribution in [0.3, 0.4) is 0 Å². The number of thiazole rings is 1. The standard InChI is InChI=1S/C26H25FN4O3S/c27-21-4-3-5-22-24(21)35-26(28-22)31(15-14-29-12-2-1-6-23(29)32)16-18-7-9-20(10-8-18)30-13-11-19(17-30)25(33)34/h1-10,12,19H,11,13-17H2,(H,33,34)/t19-/m0/s1. The highest BCUT2D eigenvalue weighted by Gasteiger charge is 2.28. The molecule has 3 heterocycles. The second kappa shape index (κ2) is 9.87. The number of anilines is 2. The fourth-order valence-electron chi connectivity index (χ4n) is 4.38. The molecule has 5 rings (SSSR count). The maximum absolute atomic E-state index is 14.3. The molecule has 0 aliphatic carbocycles. The molecule has 0 saturated carbocycles. The molecule has 1 fully saturated rings. The van der Waals surface area contributed by atoms with Crippen LogP contribution in [0, 0.1) is 11.7 Å². The Morgan fingerprint density at radius 2 is 1.97 bits per heavy atom. The minimum absolute atomic E-state index is 0.0718. The number of aliphatic carboxylic acids is 1. The van der Waals surface area contributed by atoms with E-state index in [4.69, 9.17) is 0 Å². The average Bonchev–Trinajstić information content (AvgIpc) is 3.52. The Balaban J connectivity index is 1.37. The van der Waals surface area contributed by atoms with E-state index in [9.17, 15) is 19.1 Å². The number of hydrogen-bond donors (Lipinski definition) is 1. The molecule has 180 valence electrons. The predicted molar refractivity (Wildman–Crippen MR) is 136 cm³/mol. The van der Waals surface area contributed by atoms with Crippen LogP contribution in [0.2, 0.25) is 0 Å². The number of nitrogens with zero attached hydrogens (tertiary/aromatic N) is 4. The molecule has 0 spiro atoms. The molecule has 0 radical (unpaired) electrons. The van der Waals surface area contributed by atoms with Crippen molar-refractivity contribution in [3.05, 3.63) is 88.6 Å². The Hall–Kier alpha value is -3.72. The molecule has 1 aliphatic rings. The minimum atomic E-state index is -0.746. The van der Waals surface area contributed by atoms with Crippen molar-refractivity contribution >= 4 is 38.3 Å². The topological polar surface area (TPSA) is 78.7 Å². The van der Waals surface area contributed by atoms with Gasteiger partial charge in [-0.25, -0.2) is 9.37 Å². The summed E-state index contributed by atoms with van der Waals surface area (Å²) in [7, 11) is 0. The van der Waals surface area contributed by atoms with Gasteiger partial charge in [0.2, 0.25) is 0 Å². The normalized spacial score (nSPS) is 15.6. The number of fused-ring (bicyclic) bond motifs is 1. The number of pyridine rings is 1. The number of aromatic nitrogens is 2. The van der Waals surface area contributed by atoms with Crippen LogP contribution >= 0.6 is 11.3 Å². The van der Waals surface area contributed by atoms with E-state index in [-0.39, 0.29) is 17.3 Å². The van der Waals surface area contributed by atoms with Gasteiger partial charge in [-0.3, -0.25) is 9.59 Å². The molecule has 2 aromatic heterocycles. The monoisotopic (exact) mass is 492 g/mol. The molecular weight excluding hydrogens is 467 g/mol. The number of benzene rings is 2. The van der Waals surface area contributed by atoms with E-state index in [1.165, 1.54) is 23.5 Å². The zero-order valence-electron chi connectivity index (χ0n) is 19.0. The summed E-state index contributed by atoms with van der Waals surface area (Å²) in [6.07, 6.45) is 2.41. The molecule has 2 aromatic carbocycles. The van der Waals surface area contributed by atoms with Crippen LogP contribution in [0.1, 0.15) is 12.0 Å². The lowest BCUT2D eigenvalue weighted by Gasteiger charge is -2.23. The van der Waals surface area contributed by atoms with Crippen molar-refractivity contribution < 1.29 is 14.3 Å². The zero-order valence-corrected chi connectivity index (χ0v) is 19.8. The first-order chi connectivity index (χ1) is 17.0. The highest BCUT2D eigenvalue weighted by atomic mass is 32.1. The molecule has 1 atom stereocenters. The van der Waals surface area contributed by atoms with Gasteiger partial charge < -0.3 is 19.5 Å². The van der Waals surface area contributed by atoms with Crippen LogP contribution in [0.4, 0.5) is 15.2 Å². The van der Waals surface area contributed by atoms with Crippen molar-refractivity contribution in [1.82, 2.24) is 9.55 Å². The van der Waals surface area contributed by atoms with E-state index < -0.39 is 5.97 Å². The van der Waals surface area contributed by atoms with Crippen molar-refractivity contribution in [1.29, 1.82) is 0 Å². The number of carboxylic acid groups (broad SMARTS) is 1. The minimum Gasteiger partial charge on any atom is -0.481 e. The molecule has 4 aromatic rings. The van der Waals surface area contributed by atoms with Gasteiger partial charge in [0.25, 0.3) is 5.56 Å². The first-order valence-corrected chi connectivity index (χ1v) is 12.3. The summed E-state index contributed by atoms with van der Waals surface area (Å²) in [4.78, 5) is 32.3. The Morgan fingerprint density at radius 3 is 2.69 bits per heavy atom. The first kappa shape index (κ1) is 23.0. The van der Waals surface area contributed by atoms with E-state index >= 15 is 0 Å². The van der Waals surface area contributed by atoms with Crippen LogP contribution in [-0.4, -0.2) is 40.3 Å². The average molecular weight is 493 g/mol. The third kappa shape index (κ3) is 5.05. The predicted octanol–water partition coefficient (Wildman–Crippen LogP) is 4.21. The zero-order chi connectivity index (χ0) is 24.4. The van der Waals surface area contributed by atoms with Gasteiger partial charge in [0, 0.05) is 50.7 Å². The van der Waals surface area contributed by atoms with Crippen LogP contribution in [0.25, 0.3) is 10.2 Å². The quantitative estimate of drug-likeness (QED) is 0.397. The maximum atomic E-state index is 14.3. The van der Waals surface area contributed by atoms with E-state index in [0.29, 0.717) is 47.9 Å². The Kier molecular flexibility index (Phi) is 6.50. The number of halogens is 1. The third-order valence-corrected chi connectivity index (χ3v) is 7.49. The fourth-order valence-corrected chi connectivity index (χ4v) is 5.38. The van der Waals surface area contributed by atoms with Crippen LogP contribution in [0.15, 0.2) is 71.7 Å². The first-order valence-electron chi connectivity index (χ1n) is 11.5. The van der Waals surface area contributed by atoms with E-state index in [1.54, 1.807) is 29.0 Å². The number of carbonyl (C=O) groups is 1. The third-order valence-electron chi connectivity index (χ3n) is 6.35. The lowest BCUT2D eigenvalue weighted by Crippen LogP contribution is -2.30. The summed E-state index contributed by atoms with van der Waals surface area (Å²) in [6, 6.07) is 18.0. The second-order valence-electron chi connectivity index (χ2n) is 8.67. The molecular formula is C26H25FN4O3S. The summed E-state index contributed by atoms with van der Waals surface area (Å²) in [5.74, 6) is -1.37. The maximum Gasteiger partial charge on any atom is 0.308 e. The summed E-state index contributed by atoms with van der Waals surface area (Å²) in [5.41, 5.74) is 2.59. The molecule has 35 heavy (non-hydrogen) atoms. The highest BCUT2D eigenvalue weighted by Crippen LogP contribution is 2.32. The lowest BCUT2D eigenvalue weighted by atomic mass is 10.1. The van der Waals surface area contributed by atoms with Gasteiger partial charge >= 0.3 is 5.97 Å². The molecule has 1 saturated heterocycles. The van der Waals surface area contributed by atoms with Crippen LogP contribution < -0.4 is 15.4 Å². The summed E-state index contributed by atoms with van der Waals surface area (Å²) >= 11 is 1.31. The van der Waals surface area contributed by atoms with Crippen molar-refractivity contribution in [2.75, 3.05) is 29.4 Å². The largest absolute Gasteiger partial charge is 0.481 e. The molecule has 0 amide bonds. The lowest BCUT2D eigenvalue weighted by molar-refractivity contribution is -0.140. The van der Waals surface area contributed by atoms with Gasteiger partial charge in [-0.2, -0.15) is 0 Å². The van der Waals surface area contributed by atoms with Gasteiger partial charge in [-0.1, -0.05) is 35.6 Å². The number of hydrogen-bond acceptors (Lipinski definition) is 6. The fraction of sp³-hybridized carbons (Fsp3) is 0.269. The second-order valence-corrected chi connectivity index (χ2v) is 9.65. The Bertz CT molecular complexity index is 1400. The van der Waals surface area contributed by atoms with Crippen molar-refractivity contribution in [3.63, 3.8) is 0 Å². The van der Waals surface area contributed by atoms with Crippen LogP contribution in [-0.2, 0) is 17.9 Å². The smallest absolute Gasteiger partial charge is 0.308 e.